The summed E-state index contributed by atoms with van der Waals surface area (Å²) in [5.74, 6) is 1.94. The second kappa shape index (κ2) is 11.0. The molecule has 0 bridgehead atoms. The first-order valence-corrected chi connectivity index (χ1v) is 16.2. The van der Waals surface area contributed by atoms with Gasteiger partial charge in [-0.15, -0.1) is 0 Å². The average Bonchev–Trinajstić information content (AvgIpc) is 3.68. The lowest BCUT2D eigenvalue weighted by atomic mass is 9.82. The van der Waals surface area contributed by atoms with Crippen molar-refractivity contribution in [3.8, 4) is 67.7 Å². The quantitative estimate of drug-likeness (QED) is 0.193. The minimum Gasteiger partial charge on any atom is -0.306 e. The third kappa shape index (κ3) is 4.71. The lowest BCUT2D eigenvalue weighted by Crippen LogP contribution is -2.14. The van der Waals surface area contributed by atoms with Crippen molar-refractivity contribution in [2.24, 2.45) is 0 Å². The van der Waals surface area contributed by atoms with Gasteiger partial charge in [-0.3, -0.25) is 0 Å². The van der Waals surface area contributed by atoms with E-state index in [-0.39, 0.29) is 5.41 Å². The Morgan fingerprint density at radius 1 is 0.438 bits per heavy atom. The third-order valence-electron chi connectivity index (χ3n) is 9.49. The van der Waals surface area contributed by atoms with E-state index in [4.69, 9.17) is 19.9 Å². The lowest BCUT2D eigenvalue weighted by molar-refractivity contribution is 0.660. The molecule has 0 aliphatic heterocycles. The summed E-state index contributed by atoms with van der Waals surface area (Å²) in [6.07, 6.45) is 4.09. The molecule has 3 aromatic heterocycles. The van der Waals surface area contributed by atoms with Gasteiger partial charge in [0.25, 0.3) is 0 Å². The highest BCUT2D eigenvalue weighted by molar-refractivity contribution is 5.84. The van der Waals surface area contributed by atoms with Gasteiger partial charge in [0.15, 0.2) is 17.5 Å². The van der Waals surface area contributed by atoms with E-state index in [1.807, 2.05) is 59.1 Å². The van der Waals surface area contributed by atoms with Crippen LogP contribution >= 0.6 is 0 Å². The second-order valence-electron chi connectivity index (χ2n) is 12.9. The molecule has 5 nitrogen and oxygen atoms in total. The Kier molecular flexibility index (Phi) is 6.40. The number of fused-ring (bicyclic) bond motifs is 4. The van der Waals surface area contributed by atoms with E-state index in [0.717, 1.165) is 44.7 Å². The van der Waals surface area contributed by atoms with E-state index in [1.165, 1.54) is 22.3 Å². The fraction of sp³-hybridized carbons (Fsp3) is 0.0698. The summed E-state index contributed by atoms with van der Waals surface area (Å²) in [6.45, 7) is 4.60. The lowest BCUT2D eigenvalue weighted by Gasteiger charge is -2.21. The number of pyridine rings is 1. The van der Waals surface area contributed by atoms with Crippen LogP contribution in [-0.4, -0.2) is 24.3 Å². The number of rotatable bonds is 5. The van der Waals surface area contributed by atoms with Gasteiger partial charge in [0, 0.05) is 40.1 Å². The van der Waals surface area contributed by atoms with Gasteiger partial charge in [-0.05, 0) is 63.7 Å². The summed E-state index contributed by atoms with van der Waals surface area (Å²) in [5, 5.41) is 0. The van der Waals surface area contributed by atoms with Crippen LogP contribution in [0.25, 0.3) is 73.3 Å². The minimum absolute atomic E-state index is 0.0626. The summed E-state index contributed by atoms with van der Waals surface area (Å²) in [6, 6.07) is 48.5. The topological polar surface area (TPSA) is 56.0 Å². The molecule has 8 aromatic rings. The van der Waals surface area contributed by atoms with Gasteiger partial charge in [0.05, 0.1) is 5.69 Å². The maximum Gasteiger partial charge on any atom is 0.164 e. The van der Waals surface area contributed by atoms with Gasteiger partial charge in [-0.1, -0.05) is 123 Å². The van der Waals surface area contributed by atoms with Gasteiger partial charge >= 0.3 is 0 Å². The van der Waals surface area contributed by atoms with Crippen molar-refractivity contribution in [1.29, 1.82) is 0 Å². The maximum absolute atomic E-state index is 5.11. The van der Waals surface area contributed by atoms with E-state index in [2.05, 4.69) is 111 Å². The van der Waals surface area contributed by atoms with Crippen molar-refractivity contribution in [2.45, 2.75) is 19.3 Å². The van der Waals surface area contributed by atoms with Crippen LogP contribution in [0.5, 0.6) is 0 Å². The maximum atomic E-state index is 5.11. The predicted octanol–water partition coefficient (Wildman–Crippen LogP) is 10.2. The summed E-state index contributed by atoms with van der Waals surface area (Å²) in [4.78, 5) is 20.0. The molecule has 0 radical (unpaired) electrons. The predicted molar refractivity (Wildman–Crippen MR) is 193 cm³/mol. The zero-order valence-electron chi connectivity index (χ0n) is 26.7. The van der Waals surface area contributed by atoms with E-state index in [9.17, 15) is 0 Å². The van der Waals surface area contributed by atoms with Crippen LogP contribution in [0.2, 0.25) is 0 Å². The Morgan fingerprint density at radius 3 is 1.79 bits per heavy atom. The molecule has 0 amide bonds. The highest BCUT2D eigenvalue weighted by atomic mass is 15.0. The number of nitrogens with zero attached hydrogens (tertiary/aromatic N) is 5. The normalized spacial score (nSPS) is 13.0. The van der Waals surface area contributed by atoms with E-state index >= 15 is 0 Å². The van der Waals surface area contributed by atoms with Gasteiger partial charge in [0.1, 0.15) is 5.65 Å². The van der Waals surface area contributed by atoms with Gasteiger partial charge in [-0.25, -0.2) is 19.9 Å². The van der Waals surface area contributed by atoms with E-state index < -0.39 is 0 Å². The molecule has 1 aliphatic rings. The van der Waals surface area contributed by atoms with E-state index in [0.29, 0.717) is 17.5 Å². The molecule has 0 atom stereocenters. The molecule has 9 rings (SSSR count). The molecule has 0 N–H and O–H groups in total. The molecule has 5 aromatic carbocycles. The van der Waals surface area contributed by atoms with Crippen LogP contribution in [0.15, 0.2) is 152 Å². The molecular weight excluding hydrogens is 587 g/mol. The standard InChI is InChI=1S/C43H31N5/c1-43(2)36-19-7-6-18-34(36)35-26-33(21-22-37(35)43)42-46-40(28-12-4-3-5-13-28)45-41(47-42)32-17-11-15-30(25-32)29-14-10-16-31(24-29)38-27-48-23-9-8-20-39(48)44-38/h3-27H,1-2H3. The van der Waals surface area contributed by atoms with Crippen molar-refractivity contribution < 1.29 is 0 Å². The fourth-order valence-electron chi connectivity index (χ4n) is 6.98. The van der Waals surface area contributed by atoms with Crippen molar-refractivity contribution >= 4 is 5.65 Å². The van der Waals surface area contributed by atoms with E-state index in [1.54, 1.807) is 0 Å². The highest BCUT2D eigenvalue weighted by Crippen LogP contribution is 2.49. The Balaban J connectivity index is 1.15. The molecule has 48 heavy (non-hydrogen) atoms. The molecular formula is C43H31N5. The molecule has 0 saturated heterocycles. The zero-order chi connectivity index (χ0) is 32.2. The summed E-state index contributed by atoms with van der Waals surface area (Å²) >= 11 is 0. The summed E-state index contributed by atoms with van der Waals surface area (Å²) in [7, 11) is 0. The van der Waals surface area contributed by atoms with Crippen LogP contribution in [0.3, 0.4) is 0 Å². The number of hydrogen-bond donors (Lipinski definition) is 0. The fourth-order valence-corrected chi connectivity index (χ4v) is 6.98. The monoisotopic (exact) mass is 617 g/mol. The number of hydrogen-bond acceptors (Lipinski definition) is 4. The number of imidazole rings is 1. The Labute approximate surface area is 279 Å². The number of benzene rings is 5. The first-order valence-electron chi connectivity index (χ1n) is 16.2. The summed E-state index contributed by atoms with van der Waals surface area (Å²) in [5.41, 5.74) is 13.1. The first-order chi connectivity index (χ1) is 23.5. The van der Waals surface area contributed by atoms with Crippen molar-refractivity contribution in [3.05, 3.63) is 163 Å². The van der Waals surface area contributed by atoms with Crippen LogP contribution < -0.4 is 0 Å². The van der Waals surface area contributed by atoms with Crippen molar-refractivity contribution in [2.75, 3.05) is 0 Å². The SMILES string of the molecule is CC1(C)c2ccccc2-c2cc(-c3nc(-c4ccccc4)nc(-c4cccc(-c5cccc(-c6cn7ccccc7n6)c5)c4)n3)ccc21. The largest absolute Gasteiger partial charge is 0.306 e. The molecule has 3 heterocycles. The molecule has 0 unspecified atom stereocenters. The Hall–Kier alpha value is -6.20. The summed E-state index contributed by atoms with van der Waals surface area (Å²) < 4.78 is 2.05. The Bertz CT molecular complexity index is 2460. The molecule has 0 fully saturated rings. The molecule has 0 saturated carbocycles. The average molecular weight is 618 g/mol. The van der Waals surface area contributed by atoms with Crippen LogP contribution in [-0.2, 0) is 5.41 Å². The highest BCUT2D eigenvalue weighted by Gasteiger charge is 2.35. The third-order valence-corrected chi connectivity index (χ3v) is 9.49. The van der Waals surface area contributed by atoms with Gasteiger partial charge in [-0.2, -0.15) is 0 Å². The van der Waals surface area contributed by atoms with Crippen molar-refractivity contribution in [1.82, 2.24) is 24.3 Å². The van der Waals surface area contributed by atoms with Gasteiger partial charge < -0.3 is 4.40 Å². The smallest absolute Gasteiger partial charge is 0.164 e. The van der Waals surface area contributed by atoms with Crippen LogP contribution in [0.4, 0.5) is 0 Å². The van der Waals surface area contributed by atoms with Gasteiger partial charge in [0.2, 0.25) is 0 Å². The Morgan fingerprint density at radius 2 is 1.02 bits per heavy atom. The van der Waals surface area contributed by atoms with Crippen LogP contribution in [0.1, 0.15) is 25.0 Å². The van der Waals surface area contributed by atoms with Crippen LogP contribution in [0, 0.1) is 0 Å². The number of aromatic nitrogens is 5. The minimum atomic E-state index is -0.0626. The molecule has 0 spiro atoms. The zero-order valence-corrected chi connectivity index (χ0v) is 26.7. The molecule has 228 valence electrons. The first kappa shape index (κ1) is 28.1. The second-order valence-corrected chi connectivity index (χ2v) is 12.9. The van der Waals surface area contributed by atoms with Crippen molar-refractivity contribution in [3.63, 3.8) is 0 Å². The molecule has 1 aliphatic carbocycles. The molecule has 5 heteroatoms.